The summed E-state index contributed by atoms with van der Waals surface area (Å²) in [5.41, 5.74) is 2.53. The quantitative estimate of drug-likeness (QED) is 0.919. The molecule has 1 atom stereocenters. The fraction of sp³-hybridized carbons (Fsp3) is 0.278. The number of hydrogen-bond acceptors (Lipinski definition) is 2. The van der Waals surface area contributed by atoms with Gasteiger partial charge in [0.15, 0.2) is 0 Å². The van der Waals surface area contributed by atoms with E-state index in [4.69, 9.17) is 4.74 Å². The summed E-state index contributed by atoms with van der Waals surface area (Å²) in [6, 6.07) is 14.1. The van der Waals surface area contributed by atoms with E-state index in [0.717, 1.165) is 12.8 Å². The minimum absolute atomic E-state index is 0.0242. The topological polar surface area (TPSA) is 38.3 Å². The molecule has 0 radical (unpaired) electrons. The third kappa shape index (κ3) is 3.45. The minimum Gasteiger partial charge on any atom is -0.493 e. The Labute approximate surface area is 129 Å². The zero-order chi connectivity index (χ0) is 15.4. The zero-order valence-corrected chi connectivity index (χ0v) is 12.2. The molecule has 3 rings (SSSR count). The average molecular weight is 299 g/mol. The molecule has 1 aliphatic carbocycles. The maximum atomic E-state index is 12.8. The molecule has 114 valence electrons. The Morgan fingerprint density at radius 1 is 1.18 bits per heavy atom. The lowest BCUT2D eigenvalue weighted by Crippen LogP contribution is -2.28. The summed E-state index contributed by atoms with van der Waals surface area (Å²) in [6.45, 7) is 0.284. The second-order valence-corrected chi connectivity index (χ2v) is 5.41. The Hall–Kier alpha value is -2.36. The molecule has 0 unspecified atom stereocenters. The Morgan fingerprint density at radius 3 is 2.77 bits per heavy atom. The Morgan fingerprint density at radius 2 is 1.95 bits per heavy atom. The van der Waals surface area contributed by atoms with Crippen molar-refractivity contribution >= 4 is 5.91 Å². The largest absolute Gasteiger partial charge is 0.493 e. The van der Waals surface area contributed by atoms with Crippen molar-refractivity contribution in [3.8, 4) is 5.75 Å². The summed E-state index contributed by atoms with van der Waals surface area (Å²) in [7, 11) is 0. The molecule has 0 spiro atoms. The Balaban J connectivity index is 1.46. The lowest BCUT2D eigenvalue weighted by Gasteiger charge is -2.14. The van der Waals surface area contributed by atoms with Crippen molar-refractivity contribution in [3.05, 3.63) is 65.5 Å². The van der Waals surface area contributed by atoms with Crippen LogP contribution in [0.15, 0.2) is 48.5 Å². The number of aryl methyl sites for hydroxylation is 1. The molecular weight excluding hydrogens is 281 g/mol. The van der Waals surface area contributed by atoms with E-state index in [-0.39, 0.29) is 30.8 Å². The lowest BCUT2D eigenvalue weighted by atomic mass is 10.1. The first-order valence-electron chi connectivity index (χ1n) is 7.48. The molecule has 0 aliphatic heterocycles. The van der Waals surface area contributed by atoms with Crippen LogP contribution in [0.2, 0.25) is 0 Å². The van der Waals surface area contributed by atoms with Crippen molar-refractivity contribution in [2.45, 2.75) is 25.3 Å². The van der Waals surface area contributed by atoms with Gasteiger partial charge in [-0.3, -0.25) is 4.79 Å². The van der Waals surface area contributed by atoms with Gasteiger partial charge in [0, 0.05) is 0 Å². The van der Waals surface area contributed by atoms with Gasteiger partial charge in [-0.1, -0.05) is 24.3 Å². The van der Waals surface area contributed by atoms with Crippen molar-refractivity contribution in [3.63, 3.8) is 0 Å². The maximum absolute atomic E-state index is 12.8. The zero-order valence-electron chi connectivity index (χ0n) is 12.2. The third-order valence-corrected chi connectivity index (χ3v) is 3.88. The van der Waals surface area contributed by atoms with Gasteiger partial charge >= 0.3 is 0 Å². The summed E-state index contributed by atoms with van der Waals surface area (Å²) in [4.78, 5) is 12.0. The van der Waals surface area contributed by atoms with Crippen LogP contribution in [0.5, 0.6) is 5.75 Å². The van der Waals surface area contributed by atoms with E-state index in [9.17, 15) is 9.18 Å². The molecule has 1 aliphatic rings. The molecule has 1 amide bonds. The molecule has 0 saturated heterocycles. The molecule has 0 fully saturated rings. The highest BCUT2D eigenvalue weighted by Crippen LogP contribution is 2.30. The predicted molar refractivity (Wildman–Crippen MR) is 82.2 cm³/mol. The predicted octanol–water partition coefficient (Wildman–Crippen LogP) is 3.40. The van der Waals surface area contributed by atoms with Crippen LogP contribution >= 0.6 is 0 Å². The number of amides is 1. The van der Waals surface area contributed by atoms with Crippen LogP contribution < -0.4 is 10.1 Å². The van der Waals surface area contributed by atoms with Gasteiger partial charge in [-0.05, 0) is 48.2 Å². The second-order valence-electron chi connectivity index (χ2n) is 5.41. The van der Waals surface area contributed by atoms with Crippen LogP contribution in [-0.2, 0) is 11.2 Å². The highest BCUT2D eigenvalue weighted by Gasteiger charge is 2.23. The standard InChI is InChI=1S/C18H18FNO2/c19-14-6-8-15(9-7-14)22-12-11-18(21)20-17-10-5-13-3-1-2-4-16(13)17/h1-4,6-9,17H,5,10-12H2,(H,20,21)/t17-/m0/s1. The summed E-state index contributed by atoms with van der Waals surface area (Å²) < 4.78 is 18.2. The maximum Gasteiger partial charge on any atom is 0.223 e. The summed E-state index contributed by atoms with van der Waals surface area (Å²) >= 11 is 0. The molecule has 2 aromatic rings. The fourth-order valence-electron chi connectivity index (χ4n) is 2.77. The number of carbonyl (C=O) groups is 1. The van der Waals surface area contributed by atoms with Gasteiger partial charge in [0.2, 0.25) is 5.91 Å². The van der Waals surface area contributed by atoms with Crippen LogP contribution in [-0.4, -0.2) is 12.5 Å². The normalized spacial score (nSPS) is 16.1. The van der Waals surface area contributed by atoms with Crippen molar-refractivity contribution in [2.75, 3.05) is 6.61 Å². The Bertz CT molecular complexity index is 654. The summed E-state index contributed by atoms with van der Waals surface area (Å²) in [6.07, 6.45) is 2.24. The number of ether oxygens (including phenoxy) is 1. The fourth-order valence-corrected chi connectivity index (χ4v) is 2.77. The molecule has 0 aromatic heterocycles. The van der Waals surface area contributed by atoms with Gasteiger partial charge in [0.1, 0.15) is 11.6 Å². The molecule has 0 heterocycles. The molecule has 0 saturated carbocycles. The Kier molecular flexibility index (Phi) is 4.37. The van der Waals surface area contributed by atoms with Gasteiger partial charge in [0.05, 0.1) is 19.1 Å². The molecular formula is C18H18FNO2. The third-order valence-electron chi connectivity index (χ3n) is 3.88. The average Bonchev–Trinajstić information content (AvgIpc) is 2.93. The van der Waals surface area contributed by atoms with E-state index < -0.39 is 0 Å². The van der Waals surface area contributed by atoms with Crippen LogP contribution in [0.25, 0.3) is 0 Å². The number of nitrogens with one attached hydrogen (secondary N) is 1. The number of hydrogen-bond donors (Lipinski definition) is 1. The highest BCUT2D eigenvalue weighted by molar-refractivity contribution is 5.76. The van der Waals surface area contributed by atoms with E-state index in [2.05, 4.69) is 17.4 Å². The molecule has 2 aromatic carbocycles. The monoisotopic (exact) mass is 299 g/mol. The van der Waals surface area contributed by atoms with E-state index in [1.165, 1.54) is 23.3 Å². The summed E-state index contributed by atoms with van der Waals surface area (Å²) in [5.74, 6) is 0.245. The number of halogens is 1. The van der Waals surface area contributed by atoms with E-state index in [1.54, 1.807) is 12.1 Å². The van der Waals surface area contributed by atoms with Crippen molar-refractivity contribution in [2.24, 2.45) is 0 Å². The van der Waals surface area contributed by atoms with E-state index in [0.29, 0.717) is 5.75 Å². The van der Waals surface area contributed by atoms with Crippen LogP contribution in [0.3, 0.4) is 0 Å². The van der Waals surface area contributed by atoms with Crippen LogP contribution in [0.1, 0.15) is 30.0 Å². The van der Waals surface area contributed by atoms with Gasteiger partial charge in [0.25, 0.3) is 0 Å². The van der Waals surface area contributed by atoms with Gasteiger partial charge in [-0.15, -0.1) is 0 Å². The molecule has 4 heteroatoms. The van der Waals surface area contributed by atoms with E-state index in [1.807, 2.05) is 12.1 Å². The first-order valence-corrected chi connectivity index (χ1v) is 7.48. The summed E-state index contributed by atoms with van der Waals surface area (Å²) in [5, 5.41) is 3.05. The van der Waals surface area contributed by atoms with Gasteiger partial charge < -0.3 is 10.1 Å². The first-order chi connectivity index (χ1) is 10.7. The molecule has 3 nitrogen and oxygen atoms in total. The smallest absolute Gasteiger partial charge is 0.223 e. The number of rotatable bonds is 5. The highest BCUT2D eigenvalue weighted by atomic mass is 19.1. The second kappa shape index (κ2) is 6.60. The number of carbonyl (C=O) groups excluding carboxylic acids is 1. The van der Waals surface area contributed by atoms with Crippen LogP contribution in [0, 0.1) is 5.82 Å². The molecule has 1 N–H and O–H groups in total. The van der Waals surface area contributed by atoms with Gasteiger partial charge in [-0.25, -0.2) is 4.39 Å². The molecule has 22 heavy (non-hydrogen) atoms. The van der Waals surface area contributed by atoms with E-state index >= 15 is 0 Å². The lowest BCUT2D eigenvalue weighted by molar-refractivity contribution is -0.122. The number of benzene rings is 2. The van der Waals surface area contributed by atoms with Crippen molar-refractivity contribution in [1.82, 2.24) is 5.32 Å². The van der Waals surface area contributed by atoms with Crippen molar-refractivity contribution < 1.29 is 13.9 Å². The minimum atomic E-state index is -0.301. The SMILES string of the molecule is O=C(CCOc1ccc(F)cc1)N[C@H]1CCc2ccccc21. The molecule has 0 bridgehead atoms. The van der Waals surface area contributed by atoms with Gasteiger partial charge in [-0.2, -0.15) is 0 Å². The number of fused-ring (bicyclic) bond motifs is 1. The van der Waals surface area contributed by atoms with Crippen molar-refractivity contribution in [1.29, 1.82) is 0 Å². The van der Waals surface area contributed by atoms with Crippen LogP contribution in [0.4, 0.5) is 4.39 Å². The first kappa shape index (κ1) is 14.6.